The van der Waals surface area contributed by atoms with Crippen molar-refractivity contribution in [1.82, 2.24) is 9.55 Å². The molecule has 0 bridgehead atoms. The lowest BCUT2D eigenvalue weighted by atomic mass is 10.0. The lowest BCUT2D eigenvalue weighted by molar-refractivity contribution is 0.719. The maximum absolute atomic E-state index is 4.69. The molecule has 3 aromatic rings. The van der Waals surface area contributed by atoms with Crippen LogP contribution in [-0.4, -0.2) is 15.3 Å². The second kappa shape index (κ2) is 4.84. The Labute approximate surface area is 122 Å². The molecule has 1 aliphatic rings. The lowest BCUT2D eigenvalue weighted by Crippen LogP contribution is -1.89. The highest BCUT2D eigenvalue weighted by Gasteiger charge is 2.15. The summed E-state index contributed by atoms with van der Waals surface area (Å²) in [6.45, 7) is 1.08. The zero-order chi connectivity index (χ0) is 13.4. The molecule has 3 heteroatoms. The average molecular weight is 278 g/mol. The van der Waals surface area contributed by atoms with Crippen LogP contribution >= 0.6 is 11.8 Å². The summed E-state index contributed by atoms with van der Waals surface area (Å²) in [5.41, 5.74) is 4.76. The number of nitrogens with zero attached hydrogens (tertiary/aromatic N) is 2. The number of rotatable bonds is 2. The van der Waals surface area contributed by atoms with Gasteiger partial charge in [-0.1, -0.05) is 66.4 Å². The maximum Gasteiger partial charge on any atom is 0.168 e. The summed E-state index contributed by atoms with van der Waals surface area (Å²) >= 11 is 1.84. The van der Waals surface area contributed by atoms with Crippen molar-refractivity contribution in [3.8, 4) is 22.4 Å². The summed E-state index contributed by atoms with van der Waals surface area (Å²) in [6, 6.07) is 19.1. The van der Waals surface area contributed by atoms with Gasteiger partial charge in [-0.05, 0) is 11.1 Å². The summed E-state index contributed by atoms with van der Waals surface area (Å²) in [4.78, 5) is 4.69. The third kappa shape index (κ3) is 2.04. The fraction of sp³-hybridized carbons (Fsp3) is 0.118. The number of imidazole rings is 1. The predicted molar refractivity (Wildman–Crippen MR) is 83.8 cm³/mol. The summed E-state index contributed by atoms with van der Waals surface area (Å²) in [6.07, 6.45) is 2.16. The van der Waals surface area contributed by atoms with Crippen LogP contribution in [0.4, 0.5) is 0 Å². The number of benzene rings is 2. The van der Waals surface area contributed by atoms with E-state index in [2.05, 4.69) is 64.3 Å². The summed E-state index contributed by atoms with van der Waals surface area (Å²) in [5, 5.41) is 1.15. The van der Waals surface area contributed by atoms with Crippen molar-refractivity contribution in [1.29, 1.82) is 0 Å². The molecular formula is C17H14N2S. The van der Waals surface area contributed by atoms with Crippen molar-refractivity contribution >= 4 is 11.8 Å². The van der Waals surface area contributed by atoms with Crippen molar-refractivity contribution in [2.24, 2.45) is 0 Å². The van der Waals surface area contributed by atoms with Crippen molar-refractivity contribution < 1.29 is 0 Å². The molecule has 0 saturated carbocycles. The van der Waals surface area contributed by atoms with Crippen molar-refractivity contribution in [3.63, 3.8) is 0 Å². The highest BCUT2D eigenvalue weighted by molar-refractivity contribution is 7.99. The van der Waals surface area contributed by atoms with Gasteiger partial charge in [-0.15, -0.1) is 0 Å². The SMILES string of the molecule is c1ccc(-c2ccc(-c3cn4c(n3)SCC4)cc2)cc1. The largest absolute Gasteiger partial charge is 0.325 e. The molecule has 2 nitrogen and oxygen atoms in total. The highest BCUT2D eigenvalue weighted by atomic mass is 32.2. The van der Waals surface area contributed by atoms with Crippen LogP contribution in [0.15, 0.2) is 66.0 Å². The molecule has 0 aliphatic carbocycles. The van der Waals surface area contributed by atoms with Crippen LogP contribution in [0.5, 0.6) is 0 Å². The molecule has 0 radical (unpaired) electrons. The van der Waals surface area contributed by atoms with Gasteiger partial charge in [-0.3, -0.25) is 0 Å². The van der Waals surface area contributed by atoms with Gasteiger partial charge in [0, 0.05) is 24.1 Å². The molecule has 1 aliphatic heterocycles. The van der Waals surface area contributed by atoms with Gasteiger partial charge in [-0.25, -0.2) is 4.98 Å². The number of fused-ring (bicyclic) bond motifs is 1. The van der Waals surface area contributed by atoms with E-state index in [4.69, 9.17) is 0 Å². The summed E-state index contributed by atoms with van der Waals surface area (Å²) < 4.78 is 2.24. The Morgan fingerprint density at radius 2 is 1.55 bits per heavy atom. The number of thioether (sulfide) groups is 1. The topological polar surface area (TPSA) is 17.8 Å². The van der Waals surface area contributed by atoms with Crippen LogP contribution in [0.25, 0.3) is 22.4 Å². The zero-order valence-corrected chi connectivity index (χ0v) is 11.8. The third-order valence-corrected chi connectivity index (χ3v) is 4.56. The van der Waals surface area contributed by atoms with E-state index in [1.54, 1.807) is 0 Å². The summed E-state index contributed by atoms with van der Waals surface area (Å²) in [5.74, 6) is 1.15. The molecule has 0 amide bonds. The van der Waals surface area contributed by atoms with Gasteiger partial charge in [0.05, 0.1) is 5.69 Å². The van der Waals surface area contributed by atoms with Gasteiger partial charge >= 0.3 is 0 Å². The zero-order valence-electron chi connectivity index (χ0n) is 11.0. The van der Waals surface area contributed by atoms with E-state index < -0.39 is 0 Å². The molecule has 20 heavy (non-hydrogen) atoms. The Balaban J connectivity index is 1.67. The second-order valence-electron chi connectivity index (χ2n) is 4.89. The van der Waals surface area contributed by atoms with Crippen LogP contribution in [0.1, 0.15) is 0 Å². The molecule has 0 atom stereocenters. The van der Waals surface area contributed by atoms with Gasteiger partial charge in [0.15, 0.2) is 5.16 Å². The quantitative estimate of drug-likeness (QED) is 0.694. The van der Waals surface area contributed by atoms with Gasteiger partial charge in [0.2, 0.25) is 0 Å². The Bertz CT molecular complexity index is 708. The predicted octanol–water partition coefficient (Wildman–Crippen LogP) is 4.32. The molecular weight excluding hydrogens is 264 g/mol. The van der Waals surface area contributed by atoms with Gasteiger partial charge < -0.3 is 4.57 Å². The number of hydrogen-bond acceptors (Lipinski definition) is 2. The van der Waals surface area contributed by atoms with E-state index in [-0.39, 0.29) is 0 Å². The average Bonchev–Trinajstić information content (AvgIpc) is 3.10. The van der Waals surface area contributed by atoms with Gasteiger partial charge in [-0.2, -0.15) is 0 Å². The number of aromatic nitrogens is 2. The molecule has 0 saturated heterocycles. The van der Waals surface area contributed by atoms with Gasteiger partial charge in [0.25, 0.3) is 0 Å². The van der Waals surface area contributed by atoms with E-state index in [1.807, 2.05) is 17.8 Å². The Morgan fingerprint density at radius 1 is 0.850 bits per heavy atom. The van der Waals surface area contributed by atoms with Crippen LogP contribution in [0.2, 0.25) is 0 Å². The monoisotopic (exact) mass is 278 g/mol. The first kappa shape index (κ1) is 11.8. The first-order valence-corrected chi connectivity index (χ1v) is 7.74. The minimum absolute atomic E-state index is 1.08. The molecule has 2 heterocycles. The van der Waals surface area contributed by atoms with E-state index in [0.29, 0.717) is 0 Å². The van der Waals surface area contributed by atoms with Crippen molar-refractivity contribution in [2.75, 3.05) is 5.75 Å². The van der Waals surface area contributed by atoms with Crippen molar-refractivity contribution in [2.45, 2.75) is 11.7 Å². The fourth-order valence-corrected chi connectivity index (χ4v) is 3.46. The normalized spacial score (nSPS) is 13.4. The van der Waals surface area contributed by atoms with E-state index in [1.165, 1.54) is 16.7 Å². The van der Waals surface area contributed by atoms with Crippen LogP contribution in [-0.2, 0) is 6.54 Å². The standard InChI is InChI=1S/C17H14N2S/c1-2-4-13(5-3-1)14-6-8-15(9-7-14)16-12-19-10-11-20-17(19)18-16/h1-9,12H,10-11H2. The fourth-order valence-electron chi connectivity index (χ4n) is 2.51. The Hall–Kier alpha value is -2.00. The molecule has 0 unspecified atom stereocenters. The second-order valence-corrected chi connectivity index (χ2v) is 5.96. The van der Waals surface area contributed by atoms with Crippen molar-refractivity contribution in [3.05, 3.63) is 60.8 Å². The molecule has 0 spiro atoms. The minimum atomic E-state index is 1.08. The molecule has 1 aromatic heterocycles. The van der Waals surface area contributed by atoms with Gasteiger partial charge in [0.1, 0.15) is 0 Å². The Morgan fingerprint density at radius 3 is 2.30 bits per heavy atom. The van der Waals surface area contributed by atoms with E-state index >= 15 is 0 Å². The van der Waals surface area contributed by atoms with E-state index in [9.17, 15) is 0 Å². The number of aryl methyl sites for hydroxylation is 1. The van der Waals surface area contributed by atoms with E-state index in [0.717, 1.165) is 23.1 Å². The minimum Gasteiger partial charge on any atom is -0.325 e. The smallest absolute Gasteiger partial charge is 0.168 e. The molecule has 0 N–H and O–H groups in total. The summed E-state index contributed by atoms with van der Waals surface area (Å²) in [7, 11) is 0. The first-order chi connectivity index (χ1) is 9.90. The molecule has 4 rings (SSSR count). The van der Waals surface area contributed by atoms with Crippen LogP contribution < -0.4 is 0 Å². The van der Waals surface area contributed by atoms with Crippen LogP contribution in [0, 0.1) is 0 Å². The third-order valence-electron chi connectivity index (χ3n) is 3.59. The molecule has 0 fully saturated rings. The van der Waals surface area contributed by atoms with Crippen LogP contribution in [0.3, 0.4) is 0 Å². The lowest BCUT2D eigenvalue weighted by Gasteiger charge is -2.02. The Kier molecular flexibility index (Phi) is 2.85. The number of hydrogen-bond donors (Lipinski definition) is 0. The maximum atomic E-state index is 4.69. The highest BCUT2D eigenvalue weighted by Crippen LogP contribution is 2.30. The first-order valence-electron chi connectivity index (χ1n) is 6.76. The molecule has 98 valence electrons. The molecule has 2 aromatic carbocycles.